The summed E-state index contributed by atoms with van der Waals surface area (Å²) in [5.74, 6) is 0.877. The largest absolute Gasteiger partial charge is 0.388 e. The van der Waals surface area contributed by atoms with E-state index in [1.165, 1.54) is 43.4 Å². The Balaban J connectivity index is 1.79. The molecule has 16 heavy (non-hydrogen) atoms. The van der Waals surface area contributed by atoms with Gasteiger partial charge in [-0.25, -0.2) is 0 Å². The van der Waals surface area contributed by atoms with E-state index in [1.54, 1.807) is 11.3 Å². The molecule has 0 bridgehead atoms. The Morgan fingerprint density at radius 3 is 2.75 bits per heavy atom. The Morgan fingerprint density at radius 1 is 1.38 bits per heavy atom. The van der Waals surface area contributed by atoms with Crippen LogP contribution >= 0.6 is 11.3 Å². The van der Waals surface area contributed by atoms with Gasteiger partial charge in [-0.2, -0.15) is 0 Å². The summed E-state index contributed by atoms with van der Waals surface area (Å²) >= 11 is 1.73. The van der Waals surface area contributed by atoms with E-state index in [0.29, 0.717) is 0 Å². The third kappa shape index (κ3) is 3.08. The number of hydrogen-bond acceptors (Lipinski definition) is 2. The Labute approximate surface area is 103 Å². The molecule has 1 aromatic heterocycles. The van der Waals surface area contributed by atoms with Crippen LogP contribution in [0, 0.1) is 12.8 Å². The molecule has 1 unspecified atom stereocenters. The lowest BCUT2D eigenvalue weighted by Crippen LogP contribution is -2.08. The summed E-state index contributed by atoms with van der Waals surface area (Å²) in [6.45, 7) is 2.10. The zero-order valence-corrected chi connectivity index (χ0v) is 10.9. The lowest BCUT2D eigenvalue weighted by Gasteiger charge is -2.22. The van der Waals surface area contributed by atoms with Gasteiger partial charge >= 0.3 is 0 Å². The van der Waals surface area contributed by atoms with Crippen molar-refractivity contribution in [3.8, 4) is 0 Å². The molecule has 0 saturated heterocycles. The van der Waals surface area contributed by atoms with E-state index in [1.807, 2.05) is 0 Å². The minimum atomic E-state index is -0.229. The number of thiophene rings is 1. The van der Waals surface area contributed by atoms with E-state index in [9.17, 15) is 5.11 Å². The smallest absolute Gasteiger partial charge is 0.0800 e. The van der Waals surface area contributed by atoms with Crippen molar-refractivity contribution in [1.29, 1.82) is 0 Å². The fraction of sp³-hybridized carbons (Fsp3) is 0.714. The van der Waals surface area contributed by atoms with Crippen LogP contribution in [0.4, 0.5) is 0 Å². The minimum absolute atomic E-state index is 0.229. The van der Waals surface area contributed by atoms with Crippen molar-refractivity contribution < 1.29 is 5.11 Å². The maximum absolute atomic E-state index is 10.1. The molecule has 1 aliphatic carbocycles. The SMILES string of the molecule is Cc1sccc1C(O)CCC1CCCCC1. The van der Waals surface area contributed by atoms with E-state index in [-0.39, 0.29) is 6.10 Å². The second-order valence-corrected chi connectivity index (χ2v) is 6.15. The summed E-state index contributed by atoms with van der Waals surface area (Å²) in [5, 5.41) is 12.2. The van der Waals surface area contributed by atoms with Crippen molar-refractivity contribution in [3.05, 3.63) is 21.9 Å². The number of aryl methyl sites for hydroxylation is 1. The molecule has 2 rings (SSSR count). The van der Waals surface area contributed by atoms with Gasteiger partial charge in [0, 0.05) is 4.88 Å². The molecule has 0 aromatic carbocycles. The molecule has 90 valence electrons. The summed E-state index contributed by atoms with van der Waals surface area (Å²) in [6.07, 6.45) is 8.91. The van der Waals surface area contributed by atoms with Crippen LogP contribution in [0.5, 0.6) is 0 Å². The topological polar surface area (TPSA) is 20.2 Å². The van der Waals surface area contributed by atoms with Gasteiger partial charge in [0.1, 0.15) is 0 Å². The first kappa shape index (κ1) is 12.1. The van der Waals surface area contributed by atoms with Crippen molar-refractivity contribution in [2.45, 2.75) is 58.0 Å². The molecular weight excluding hydrogens is 216 g/mol. The fourth-order valence-corrected chi connectivity index (χ4v) is 3.52. The van der Waals surface area contributed by atoms with Crippen LogP contribution in [0.15, 0.2) is 11.4 Å². The number of aliphatic hydroxyl groups is 1. The van der Waals surface area contributed by atoms with Crippen molar-refractivity contribution >= 4 is 11.3 Å². The Hall–Kier alpha value is -0.340. The van der Waals surface area contributed by atoms with E-state index in [2.05, 4.69) is 18.4 Å². The second-order valence-electron chi connectivity index (χ2n) is 5.03. The summed E-state index contributed by atoms with van der Waals surface area (Å²) in [7, 11) is 0. The van der Waals surface area contributed by atoms with E-state index < -0.39 is 0 Å². The Kier molecular flexibility index (Phi) is 4.42. The second kappa shape index (κ2) is 5.83. The van der Waals surface area contributed by atoms with Crippen LogP contribution in [0.1, 0.15) is 61.5 Å². The molecule has 1 N–H and O–H groups in total. The zero-order chi connectivity index (χ0) is 11.4. The molecule has 1 aromatic rings. The quantitative estimate of drug-likeness (QED) is 0.821. The first-order chi connectivity index (χ1) is 7.77. The molecule has 1 atom stereocenters. The van der Waals surface area contributed by atoms with Gasteiger partial charge < -0.3 is 5.11 Å². The maximum atomic E-state index is 10.1. The van der Waals surface area contributed by atoms with Crippen LogP contribution in [0.3, 0.4) is 0 Å². The predicted molar refractivity (Wildman–Crippen MR) is 69.8 cm³/mol. The van der Waals surface area contributed by atoms with Gasteiger partial charge in [0.05, 0.1) is 6.10 Å². The highest BCUT2D eigenvalue weighted by Crippen LogP contribution is 2.32. The lowest BCUT2D eigenvalue weighted by molar-refractivity contribution is 0.151. The highest BCUT2D eigenvalue weighted by Gasteiger charge is 2.17. The summed E-state index contributed by atoms with van der Waals surface area (Å²) in [6, 6.07) is 2.07. The van der Waals surface area contributed by atoms with Crippen LogP contribution < -0.4 is 0 Å². The maximum Gasteiger partial charge on any atom is 0.0800 e. The first-order valence-corrected chi connectivity index (χ1v) is 7.37. The summed E-state index contributed by atoms with van der Waals surface area (Å²) < 4.78 is 0. The van der Waals surface area contributed by atoms with Crippen LogP contribution in [0.2, 0.25) is 0 Å². The van der Waals surface area contributed by atoms with Gasteiger partial charge in [0.25, 0.3) is 0 Å². The highest BCUT2D eigenvalue weighted by atomic mass is 32.1. The third-order valence-corrected chi connectivity index (χ3v) is 4.69. The molecule has 0 radical (unpaired) electrons. The number of hydrogen-bond donors (Lipinski definition) is 1. The van der Waals surface area contributed by atoms with E-state index >= 15 is 0 Å². The molecule has 1 nitrogen and oxygen atoms in total. The molecule has 2 heteroatoms. The third-order valence-electron chi connectivity index (χ3n) is 3.83. The molecule has 1 aliphatic rings. The van der Waals surface area contributed by atoms with Gasteiger partial charge in [-0.3, -0.25) is 0 Å². The van der Waals surface area contributed by atoms with Gasteiger partial charge in [-0.05, 0) is 42.7 Å². The predicted octanol–water partition coefficient (Wildman–Crippen LogP) is 4.45. The molecule has 1 fully saturated rings. The van der Waals surface area contributed by atoms with Crippen LogP contribution in [-0.2, 0) is 0 Å². The van der Waals surface area contributed by atoms with Gasteiger partial charge in [-0.1, -0.05) is 32.1 Å². The zero-order valence-electron chi connectivity index (χ0n) is 10.1. The van der Waals surface area contributed by atoms with Gasteiger partial charge in [0.15, 0.2) is 0 Å². The number of aliphatic hydroxyl groups excluding tert-OH is 1. The monoisotopic (exact) mass is 238 g/mol. The molecule has 1 heterocycles. The van der Waals surface area contributed by atoms with Crippen molar-refractivity contribution in [3.63, 3.8) is 0 Å². The van der Waals surface area contributed by atoms with Crippen molar-refractivity contribution in [2.75, 3.05) is 0 Å². The van der Waals surface area contributed by atoms with Crippen LogP contribution in [-0.4, -0.2) is 5.11 Å². The van der Waals surface area contributed by atoms with Crippen molar-refractivity contribution in [2.24, 2.45) is 5.92 Å². The highest BCUT2D eigenvalue weighted by molar-refractivity contribution is 7.10. The van der Waals surface area contributed by atoms with Crippen molar-refractivity contribution in [1.82, 2.24) is 0 Å². The standard InChI is InChI=1S/C14H22OS/c1-11-13(9-10-16-11)14(15)8-7-12-5-3-2-4-6-12/h9-10,12,14-15H,2-8H2,1H3. The average Bonchev–Trinajstić information content (AvgIpc) is 2.74. The van der Waals surface area contributed by atoms with Gasteiger partial charge in [0.2, 0.25) is 0 Å². The number of rotatable bonds is 4. The average molecular weight is 238 g/mol. The Bertz CT molecular complexity index is 312. The Morgan fingerprint density at radius 2 is 2.12 bits per heavy atom. The van der Waals surface area contributed by atoms with E-state index in [4.69, 9.17) is 0 Å². The first-order valence-electron chi connectivity index (χ1n) is 6.49. The van der Waals surface area contributed by atoms with Crippen LogP contribution in [0.25, 0.3) is 0 Å². The fourth-order valence-electron chi connectivity index (χ4n) is 2.77. The molecule has 1 saturated carbocycles. The van der Waals surface area contributed by atoms with E-state index in [0.717, 1.165) is 17.9 Å². The lowest BCUT2D eigenvalue weighted by atomic mass is 9.85. The molecular formula is C14H22OS. The summed E-state index contributed by atoms with van der Waals surface area (Å²) in [5.41, 5.74) is 1.15. The molecule has 0 aliphatic heterocycles. The minimum Gasteiger partial charge on any atom is -0.388 e. The summed E-state index contributed by atoms with van der Waals surface area (Å²) in [4.78, 5) is 1.27. The molecule has 0 spiro atoms. The van der Waals surface area contributed by atoms with Gasteiger partial charge in [-0.15, -0.1) is 11.3 Å². The normalized spacial score (nSPS) is 19.9. The molecule has 0 amide bonds.